The Morgan fingerprint density at radius 1 is 1.12 bits per heavy atom. The summed E-state index contributed by atoms with van der Waals surface area (Å²) in [6.07, 6.45) is 0. The van der Waals surface area contributed by atoms with Gasteiger partial charge in [0, 0.05) is 16.0 Å². The van der Waals surface area contributed by atoms with Crippen LogP contribution in [0.3, 0.4) is 0 Å². The first kappa shape index (κ1) is 16.5. The smallest absolute Gasteiger partial charge is 0.258 e. The third-order valence-electron chi connectivity index (χ3n) is 3.22. The van der Waals surface area contributed by atoms with Crippen LogP contribution >= 0.6 is 22.9 Å². The molecule has 0 aliphatic rings. The number of amides is 1. The van der Waals surface area contributed by atoms with Crippen LogP contribution in [0.15, 0.2) is 60.0 Å². The first-order chi connectivity index (χ1) is 11.7. The van der Waals surface area contributed by atoms with Gasteiger partial charge < -0.3 is 10.1 Å². The second-order valence-corrected chi connectivity index (χ2v) is 6.32. The molecule has 0 saturated carbocycles. The average Bonchev–Trinajstić information content (AvgIpc) is 3.09. The van der Waals surface area contributed by atoms with E-state index < -0.39 is 0 Å². The number of aromatic nitrogens is 1. The van der Waals surface area contributed by atoms with Crippen LogP contribution in [-0.2, 0) is 11.3 Å². The maximum absolute atomic E-state index is 11.8. The van der Waals surface area contributed by atoms with Crippen LogP contribution in [0, 0.1) is 0 Å². The summed E-state index contributed by atoms with van der Waals surface area (Å²) in [7, 11) is 0. The number of hydrogen-bond donors (Lipinski definition) is 1. The van der Waals surface area contributed by atoms with Gasteiger partial charge in [0.25, 0.3) is 5.91 Å². The number of thiazole rings is 1. The molecule has 0 aliphatic heterocycles. The van der Waals surface area contributed by atoms with Gasteiger partial charge in [-0.3, -0.25) is 4.79 Å². The molecule has 6 heteroatoms. The number of ether oxygens (including phenoxy) is 1. The molecule has 0 unspecified atom stereocenters. The predicted molar refractivity (Wildman–Crippen MR) is 96.3 cm³/mol. The first-order valence-corrected chi connectivity index (χ1v) is 8.61. The van der Waals surface area contributed by atoms with E-state index in [9.17, 15) is 4.79 Å². The summed E-state index contributed by atoms with van der Waals surface area (Å²) < 4.78 is 5.40. The Morgan fingerprint density at radius 2 is 1.88 bits per heavy atom. The number of benzene rings is 2. The summed E-state index contributed by atoms with van der Waals surface area (Å²) in [5.41, 5.74) is 1.91. The Balaban J connectivity index is 1.48. The molecule has 0 bridgehead atoms. The number of rotatable bonds is 6. The molecular formula is C18H15ClN2O2S. The van der Waals surface area contributed by atoms with Gasteiger partial charge in [-0.25, -0.2) is 4.98 Å². The van der Waals surface area contributed by atoms with Gasteiger partial charge in [0.2, 0.25) is 0 Å². The summed E-state index contributed by atoms with van der Waals surface area (Å²) >= 11 is 7.36. The van der Waals surface area contributed by atoms with Crippen molar-refractivity contribution >= 4 is 28.8 Å². The third kappa shape index (κ3) is 4.57. The van der Waals surface area contributed by atoms with Crippen LogP contribution < -0.4 is 10.1 Å². The molecule has 1 aromatic heterocycles. The van der Waals surface area contributed by atoms with Crippen LogP contribution in [0.5, 0.6) is 5.75 Å². The van der Waals surface area contributed by atoms with Crippen molar-refractivity contribution in [1.82, 2.24) is 10.3 Å². The minimum Gasteiger partial charge on any atom is -0.484 e. The van der Waals surface area contributed by atoms with Crippen LogP contribution in [0.2, 0.25) is 5.02 Å². The number of carbonyl (C=O) groups is 1. The second kappa shape index (κ2) is 7.95. The van der Waals surface area contributed by atoms with Crippen molar-refractivity contribution in [2.45, 2.75) is 6.54 Å². The summed E-state index contributed by atoms with van der Waals surface area (Å²) in [5.74, 6) is 0.411. The monoisotopic (exact) mass is 358 g/mol. The normalized spacial score (nSPS) is 10.4. The van der Waals surface area contributed by atoms with E-state index in [-0.39, 0.29) is 12.5 Å². The molecule has 1 amide bonds. The highest BCUT2D eigenvalue weighted by Gasteiger charge is 2.07. The lowest BCUT2D eigenvalue weighted by molar-refractivity contribution is -0.123. The van der Waals surface area contributed by atoms with Gasteiger partial charge in [0.05, 0.1) is 12.2 Å². The van der Waals surface area contributed by atoms with E-state index in [1.54, 1.807) is 35.6 Å². The number of hydrogen-bond acceptors (Lipinski definition) is 4. The molecule has 0 fully saturated rings. The van der Waals surface area contributed by atoms with Gasteiger partial charge >= 0.3 is 0 Å². The van der Waals surface area contributed by atoms with Crippen molar-refractivity contribution in [2.75, 3.05) is 6.61 Å². The number of carbonyl (C=O) groups excluding carboxylic acids is 1. The Morgan fingerprint density at radius 3 is 2.62 bits per heavy atom. The predicted octanol–water partition coefficient (Wildman–Crippen LogP) is 4.16. The van der Waals surface area contributed by atoms with Gasteiger partial charge in [0.15, 0.2) is 6.61 Å². The fraction of sp³-hybridized carbons (Fsp3) is 0.111. The highest BCUT2D eigenvalue weighted by molar-refractivity contribution is 7.13. The standard InChI is InChI=1S/C18H15ClN2O2S/c19-14-6-8-16(9-7-14)23-11-17(22)20-10-15-12-24-18(21-15)13-4-2-1-3-5-13/h1-9,12H,10-11H2,(H,20,22). The molecule has 0 spiro atoms. The molecule has 4 nitrogen and oxygen atoms in total. The highest BCUT2D eigenvalue weighted by atomic mass is 35.5. The van der Waals surface area contributed by atoms with E-state index in [4.69, 9.17) is 16.3 Å². The quantitative estimate of drug-likeness (QED) is 0.719. The summed E-state index contributed by atoms with van der Waals surface area (Å²) in [6.45, 7) is 0.337. The molecular weight excluding hydrogens is 344 g/mol. The molecule has 122 valence electrons. The van der Waals surface area contributed by atoms with Gasteiger partial charge in [-0.2, -0.15) is 0 Å². The van der Waals surface area contributed by atoms with E-state index in [0.29, 0.717) is 17.3 Å². The van der Waals surface area contributed by atoms with Gasteiger partial charge in [-0.1, -0.05) is 41.9 Å². The van der Waals surface area contributed by atoms with Crippen molar-refractivity contribution in [3.63, 3.8) is 0 Å². The number of halogens is 1. The fourth-order valence-corrected chi connectivity index (χ4v) is 2.97. The Bertz CT molecular complexity index is 803. The SMILES string of the molecule is O=C(COc1ccc(Cl)cc1)NCc1csc(-c2ccccc2)n1. The number of nitrogens with one attached hydrogen (secondary N) is 1. The Kier molecular flexibility index (Phi) is 5.46. The maximum Gasteiger partial charge on any atom is 0.258 e. The molecule has 0 atom stereocenters. The highest BCUT2D eigenvalue weighted by Crippen LogP contribution is 2.23. The van der Waals surface area contributed by atoms with E-state index in [0.717, 1.165) is 16.3 Å². The molecule has 0 aliphatic carbocycles. The van der Waals surface area contributed by atoms with Gasteiger partial charge in [-0.05, 0) is 24.3 Å². The summed E-state index contributed by atoms with van der Waals surface area (Å²) in [6, 6.07) is 16.8. The van der Waals surface area contributed by atoms with Crippen molar-refractivity contribution in [3.8, 4) is 16.3 Å². The fourth-order valence-electron chi connectivity index (χ4n) is 2.02. The molecule has 0 radical (unpaired) electrons. The topological polar surface area (TPSA) is 51.2 Å². The molecule has 1 N–H and O–H groups in total. The van der Waals surface area contributed by atoms with Gasteiger partial charge in [0.1, 0.15) is 10.8 Å². The largest absolute Gasteiger partial charge is 0.484 e. The zero-order valence-corrected chi connectivity index (χ0v) is 14.3. The van der Waals surface area contributed by atoms with Crippen molar-refractivity contribution in [3.05, 3.63) is 70.7 Å². The lowest BCUT2D eigenvalue weighted by atomic mass is 10.2. The van der Waals surface area contributed by atoms with E-state index in [2.05, 4.69) is 10.3 Å². The average molecular weight is 359 g/mol. The maximum atomic E-state index is 11.8. The molecule has 3 rings (SSSR count). The van der Waals surface area contributed by atoms with Gasteiger partial charge in [-0.15, -0.1) is 11.3 Å². The first-order valence-electron chi connectivity index (χ1n) is 7.35. The lowest BCUT2D eigenvalue weighted by Crippen LogP contribution is -2.28. The molecule has 2 aromatic carbocycles. The van der Waals surface area contributed by atoms with Crippen LogP contribution in [-0.4, -0.2) is 17.5 Å². The number of nitrogens with zero attached hydrogens (tertiary/aromatic N) is 1. The lowest BCUT2D eigenvalue weighted by Gasteiger charge is -2.06. The van der Waals surface area contributed by atoms with Crippen molar-refractivity contribution in [1.29, 1.82) is 0 Å². The third-order valence-corrected chi connectivity index (χ3v) is 4.41. The van der Waals surface area contributed by atoms with E-state index >= 15 is 0 Å². The zero-order chi connectivity index (χ0) is 16.8. The molecule has 24 heavy (non-hydrogen) atoms. The molecule has 3 aromatic rings. The second-order valence-electron chi connectivity index (χ2n) is 5.03. The zero-order valence-electron chi connectivity index (χ0n) is 12.7. The Labute approximate surface area is 149 Å². The molecule has 0 saturated heterocycles. The molecule has 1 heterocycles. The van der Waals surface area contributed by atoms with Crippen molar-refractivity contribution in [2.24, 2.45) is 0 Å². The summed E-state index contributed by atoms with van der Waals surface area (Å²) in [4.78, 5) is 16.4. The summed E-state index contributed by atoms with van der Waals surface area (Å²) in [5, 5.41) is 6.32. The van der Waals surface area contributed by atoms with Crippen molar-refractivity contribution < 1.29 is 9.53 Å². The minimum absolute atomic E-state index is 0.0443. The van der Waals surface area contributed by atoms with Crippen LogP contribution in [0.25, 0.3) is 10.6 Å². The van der Waals surface area contributed by atoms with E-state index in [1.165, 1.54) is 0 Å². The van der Waals surface area contributed by atoms with Crippen LogP contribution in [0.1, 0.15) is 5.69 Å². The minimum atomic E-state index is -0.195. The van der Waals surface area contributed by atoms with Crippen LogP contribution in [0.4, 0.5) is 0 Å². The van der Waals surface area contributed by atoms with E-state index in [1.807, 2.05) is 35.7 Å². The Hall–Kier alpha value is -2.37.